The van der Waals surface area contributed by atoms with E-state index in [4.69, 9.17) is 4.74 Å². The molecule has 2 aromatic rings. The number of hydrogen-bond acceptors (Lipinski definition) is 4. The highest BCUT2D eigenvalue weighted by Crippen LogP contribution is 2.19. The van der Waals surface area contributed by atoms with Crippen molar-refractivity contribution in [2.24, 2.45) is 4.99 Å². The number of carbonyl (C=O) groups excluding carboxylic acids is 1. The van der Waals surface area contributed by atoms with E-state index in [0.29, 0.717) is 11.6 Å². The fourth-order valence-electron chi connectivity index (χ4n) is 1.74. The molecule has 0 amide bonds. The van der Waals surface area contributed by atoms with Gasteiger partial charge in [0, 0.05) is 0 Å². The quantitative estimate of drug-likeness (QED) is 0.636. The highest BCUT2D eigenvalue weighted by Gasteiger charge is 2.23. The molecule has 0 aliphatic carbocycles. The van der Waals surface area contributed by atoms with Gasteiger partial charge in [0.15, 0.2) is 5.70 Å². The van der Waals surface area contributed by atoms with E-state index in [1.54, 1.807) is 12.2 Å². The Morgan fingerprint density at radius 1 is 1.10 bits per heavy atom. The van der Waals surface area contributed by atoms with Crippen molar-refractivity contribution in [2.45, 2.75) is 0 Å². The van der Waals surface area contributed by atoms with Gasteiger partial charge in [0.1, 0.15) is 0 Å². The van der Waals surface area contributed by atoms with Gasteiger partial charge in [-0.15, -0.1) is 11.3 Å². The third-order valence-electron chi connectivity index (χ3n) is 2.69. The number of hydrogen-bond donors (Lipinski definition) is 0. The average Bonchev–Trinajstić information content (AvgIpc) is 3.10. The number of cyclic esters (lactones) is 1. The molecule has 20 heavy (non-hydrogen) atoms. The Labute approximate surface area is 120 Å². The molecule has 0 bridgehead atoms. The van der Waals surface area contributed by atoms with Crippen molar-refractivity contribution in [1.29, 1.82) is 0 Å². The van der Waals surface area contributed by atoms with Crippen molar-refractivity contribution in [2.75, 3.05) is 0 Å². The molecule has 0 N–H and O–H groups in total. The molecule has 2 heterocycles. The fraction of sp³-hybridized carbons (Fsp3) is 0. The van der Waals surface area contributed by atoms with Gasteiger partial charge >= 0.3 is 5.97 Å². The lowest BCUT2D eigenvalue weighted by Crippen LogP contribution is -2.03. The van der Waals surface area contributed by atoms with Crippen LogP contribution in [0.2, 0.25) is 0 Å². The summed E-state index contributed by atoms with van der Waals surface area (Å²) < 4.78 is 5.14. The SMILES string of the molecule is O=C1OC(c2cccs2)=NC1=CC=Cc1ccccc1. The zero-order chi connectivity index (χ0) is 13.8. The minimum absolute atomic E-state index is 0.320. The molecule has 0 radical (unpaired) electrons. The number of rotatable bonds is 3. The Morgan fingerprint density at radius 3 is 2.70 bits per heavy atom. The molecule has 0 saturated carbocycles. The van der Waals surface area contributed by atoms with Crippen molar-refractivity contribution in [3.63, 3.8) is 0 Å². The van der Waals surface area contributed by atoms with E-state index in [1.165, 1.54) is 11.3 Å². The zero-order valence-electron chi connectivity index (χ0n) is 10.5. The van der Waals surface area contributed by atoms with E-state index in [2.05, 4.69) is 4.99 Å². The summed E-state index contributed by atoms with van der Waals surface area (Å²) in [5.41, 5.74) is 1.39. The molecule has 0 atom stereocenters. The molecule has 4 heteroatoms. The second-order valence-corrected chi connectivity index (χ2v) is 5.05. The number of allylic oxidation sites excluding steroid dienone is 2. The van der Waals surface area contributed by atoms with Crippen LogP contribution >= 0.6 is 11.3 Å². The summed E-state index contributed by atoms with van der Waals surface area (Å²) in [6.07, 6.45) is 5.38. The lowest BCUT2D eigenvalue weighted by Gasteiger charge is -1.92. The summed E-state index contributed by atoms with van der Waals surface area (Å²) in [6, 6.07) is 13.6. The van der Waals surface area contributed by atoms with Gasteiger partial charge in [-0.1, -0.05) is 48.6 Å². The van der Waals surface area contributed by atoms with Crippen LogP contribution in [0.15, 0.2) is 70.7 Å². The predicted molar refractivity (Wildman–Crippen MR) is 80.5 cm³/mol. The monoisotopic (exact) mass is 281 g/mol. The predicted octanol–water partition coefficient (Wildman–Crippen LogP) is 3.65. The lowest BCUT2D eigenvalue weighted by molar-refractivity contribution is -0.130. The van der Waals surface area contributed by atoms with Crippen LogP contribution in [0.5, 0.6) is 0 Å². The van der Waals surface area contributed by atoms with Crippen molar-refractivity contribution in [3.8, 4) is 0 Å². The molecule has 1 aliphatic heterocycles. The molecule has 0 fully saturated rings. The molecule has 1 aliphatic rings. The topological polar surface area (TPSA) is 38.7 Å². The number of ether oxygens (including phenoxy) is 1. The minimum Gasteiger partial charge on any atom is -0.401 e. The highest BCUT2D eigenvalue weighted by molar-refractivity contribution is 7.12. The van der Waals surface area contributed by atoms with E-state index in [1.807, 2.05) is 53.9 Å². The van der Waals surface area contributed by atoms with Crippen LogP contribution in [-0.2, 0) is 9.53 Å². The van der Waals surface area contributed by atoms with Gasteiger partial charge in [0.05, 0.1) is 4.88 Å². The van der Waals surface area contributed by atoms with Crippen LogP contribution in [0.3, 0.4) is 0 Å². The van der Waals surface area contributed by atoms with Crippen LogP contribution in [0, 0.1) is 0 Å². The van der Waals surface area contributed by atoms with Crippen LogP contribution in [-0.4, -0.2) is 11.9 Å². The second kappa shape index (κ2) is 5.67. The first-order valence-electron chi connectivity index (χ1n) is 6.11. The van der Waals surface area contributed by atoms with E-state index in [-0.39, 0.29) is 0 Å². The fourth-order valence-corrected chi connectivity index (χ4v) is 2.39. The Kier molecular flexibility index (Phi) is 3.56. The standard InChI is InChI=1S/C16H11NO2S/c18-16-13(9-4-8-12-6-2-1-3-7-12)17-15(19-16)14-10-5-11-20-14/h1-11H. The summed E-state index contributed by atoms with van der Waals surface area (Å²) in [7, 11) is 0. The van der Waals surface area contributed by atoms with Gasteiger partial charge in [-0.05, 0) is 23.1 Å². The van der Waals surface area contributed by atoms with Gasteiger partial charge in [0.2, 0.25) is 5.90 Å². The lowest BCUT2D eigenvalue weighted by atomic mass is 10.2. The number of nitrogens with zero attached hydrogens (tertiary/aromatic N) is 1. The molecule has 1 aromatic heterocycles. The van der Waals surface area contributed by atoms with Crippen molar-refractivity contribution < 1.29 is 9.53 Å². The maximum absolute atomic E-state index is 11.7. The molecular formula is C16H11NO2S. The normalized spacial score (nSPS) is 16.7. The summed E-state index contributed by atoms with van der Waals surface area (Å²) in [5.74, 6) is -0.0320. The zero-order valence-corrected chi connectivity index (χ0v) is 11.3. The van der Waals surface area contributed by atoms with Gasteiger partial charge in [-0.25, -0.2) is 9.79 Å². The molecular weight excluding hydrogens is 270 g/mol. The second-order valence-electron chi connectivity index (χ2n) is 4.11. The number of esters is 1. The van der Waals surface area contributed by atoms with E-state index in [9.17, 15) is 4.79 Å². The first-order chi connectivity index (χ1) is 9.83. The van der Waals surface area contributed by atoms with Gasteiger partial charge in [-0.2, -0.15) is 0 Å². The molecule has 3 nitrogen and oxygen atoms in total. The molecule has 3 rings (SSSR count). The highest BCUT2D eigenvalue weighted by atomic mass is 32.1. The van der Waals surface area contributed by atoms with E-state index in [0.717, 1.165) is 10.4 Å². The number of aliphatic imine (C=N–C) groups is 1. The first kappa shape index (κ1) is 12.6. The van der Waals surface area contributed by atoms with Crippen LogP contribution in [0.1, 0.15) is 10.4 Å². The Morgan fingerprint density at radius 2 is 1.95 bits per heavy atom. The Bertz CT molecular complexity index is 697. The third kappa shape index (κ3) is 2.75. The number of carbonyl (C=O) groups is 1. The third-order valence-corrected chi connectivity index (χ3v) is 3.55. The summed E-state index contributed by atoms with van der Waals surface area (Å²) >= 11 is 1.49. The molecule has 0 saturated heterocycles. The molecule has 98 valence electrons. The number of benzene rings is 1. The van der Waals surface area contributed by atoms with Crippen LogP contribution in [0.25, 0.3) is 6.08 Å². The molecule has 0 unspecified atom stereocenters. The van der Waals surface area contributed by atoms with Crippen LogP contribution in [0.4, 0.5) is 0 Å². The Hall–Kier alpha value is -2.46. The summed E-state index contributed by atoms with van der Waals surface area (Å²) in [4.78, 5) is 16.8. The van der Waals surface area contributed by atoms with Crippen molar-refractivity contribution in [3.05, 3.63) is 76.1 Å². The average molecular weight is 281 g/mol. The molecule has 0 spiro atoms. The van der Waals surface area contributed by atoms with Crippen molar-refractivity contribution in [1.82, 2.24) is 0 Å². The maximum atomic E-state index is 11.7. The maximum Gasteiger partial charge on any atom is 0.363 e. The van der Waals surface area contributed by atoms with Crippen molar-refractivity contribution >= 4 is 29.3 Å². The van der Waals surface area contributed by atoms with Gasteiger partial charge < -0.3 is 4.74 Å². The minimum atomic E-state index is -0.411. The van der Waals surface area contributed by atoms with Gasteiger partial charge in [0.25, 0.3) is 0 Å². The van der Waals surface area contributed by atoms with Gasteiger partial charge in [-0.3, -0.25) is 0 Å². The smallest absolute Gasteiger partial charge is 0.363 e. The summed E-state index contributed by atoms with van der Waals surface area (Å²) in [6.45, 7) is 0. The largest absolute Gasteiger partial charge is 0.401 e. The Balaban J connectivity index is 1.78. The van der Waals surface area contributed by atoms with E-state index < -0.39 is 5.97 Å². The number of thiophene rings is 1. The first-order valence-corrected chi connectivity index (χ1v) is 6.99. The van der Waals surface area contributed by atoms with Crippen LogP contribution < -0.4 is 0 Å². The molecule has 1 aromatic carbocycles. The summed E-state index contributed by atoms with van der Waals surface area (Å²) in [5, 5.41) is 1.92. The van der Waals surface area contributed by atoms with E-state index >= 15 is 0 Å².